The van der Waals surface area contributed by atoms with Gasteiger partial charge in [-0.15, -0.1) is 0 Å². The fraction of sp³-hybridized carbons (Fsp3) is 0.533. The molecular formula is C15H24NO4P. The summed E-state index contributed by atoms with van der Waals surface area (Å²) in [6.45, 7) is 9.47. The molecule has 0 heterocycles. The Morgan fingerprint density at radius 3 is 2.14 bits per heavy atom. The smallest absolute Gasteiger partial charge is 0.325 e. The zero-order valence-corrected chi connectivity index (χ0v) is 14.2. The molecule has 5 nitrogen and oxygen atoms in total. The Balaban J connectivity index is 3.19. The van der Waals surface area contributed by atoms with Crippen LogP contribution in [0.3, 0.4) is 0 Å². The van der Waals surface area contributed by atoms with Gasteiger partial charge in [0.15, 0.2) is 0 Å². The third kappa shape index (κ3) is 4.67. The summed E-state index contributed by atoms with van der Waals surface area (Å²) < 4.78 is 23.6. The van der Waals surface area contributed by atoms with Crippen LogP contribution in [0, 0.1) is 5.41 Å². The molecule has 0 atom stereocenters. The van der Waals surface area contributed by atoms with E-state index in [1.165, 1.54) is 0 Å². The Bertz CT molecular complexity index is 527. The van der Waals surface area contributed by atoms with Crippen LogP contribution < -0.4 is 10.6 Å². The van der Waals surface area contributed by atoms with Gasteiger partial charge in [-0.1, -0.05) is 32.9 Å². The standard InChI is InChI=1S/C15H24NO4P/c1-6-19-21(18,20-7-2)13-11-9-8-10-12(13)16-14(17)15(3,4)5/h8-11H,6-7H2,1-5H3,(H,16,17). The first kappa shape index (κ1) is 17.9. The minimum Gasteiger partial charge on any atom is -0.325 e. The number of amides is 1. The second-order valence-electron chi connectivity index (χ2n) is 5.55. The van der Waals surface area contributed by atoms with E-state index in [-0.39, 0.29) is 19.1 Å². The number of hydrogen-bond donors (Lipinski definition) is 1. The van der Waals surface area contributed by atoms with Gasteiger partial charge in [0, 0.05) is 5.41 Å². The first-order valence-electron chi connectivity index (χ1n) is 7.04. The summed E-state index contributed by atoms with van der Waals surface area (Å²) in [5.41, 5.74) is -0.0865. The molecule has 0 spiro atoms. The van der Waals surface area contributed by atoms with Crippen LogP contribution in [0.25, 0.3) is 0 Å². The molecular weight excluding hydrogens is 289 g/mol. The third-order valence-electron chi connectivity index (χ3n) is 2.73. The number of benzene rings is 1. The van der Waals surface area contributed by atoms with Gasteiger partial charge in [0.25, 0.3) is 0 Å². The number of rotatable bonds is 6. The molecule has 0 fully saturated rings. The average molecular weight is 313 g/mol. The first-order valence-corrected chi connectivity index (χ1v) is 8.59. The van der Waals surface area contributed by atoms with Gasteiger partial charge < -0.3 is 14.4 Å². The van der Waals surface area contributed by atoms with Crippen molar-refractivity contribution in [1.29, 1.82) is 0 Å². The van der Waals surface area contributed by atoms with Crippen LogP contribution in [0.15, 0.2) is 24.3 Å². The molecule has 0 saturated heterocycles. The van der Waals surface area contributed by atoms with Gasteiger partial charge in [0.05, 0.1) is 24.2 Å². The van der Waals surface area contributed by atoms with Gasteiger partial charge in [0.2, 0.25) is 5.91 Å². The monoisotopic (exact) mass is 313 g/mol. The Morgan fingerprint density at radius 1 is 1.14 bits per heavy atom. The maximum atomic E-state index is 12.9. The summed E-state index contributed by atoms with van der Waals surface area (Å²) in [5.74, 6) is -0.158. The lowest BCUT2D eigenvalue weighted by Gasteiger charge is -2.22. The van der Waals surface area contributed by atoms with E-state index >= 15 is 0 Å². The highest BCUT2D eigenvalue weighted by Gasteiger charge is 2.31. The molecule has 1 aromatic carbocycles. The van der Waals surface area contributed by atoms with Gasteiger partial charge in [-0.05, 0) is 26.0 Å². The van der Waals surface area contributed by atoms with E-state index < -0.39 is 13.0 Å². The predicted molar refractivity (Wildman–Crippen MR) is 85.0 cm³/mol. The quantitative estimate of drug-likeness (QED) is 0.816. The summed E-state index contributed by atoms with van der Waals surface area (Å²) >= 11 is 0. The van der Waals surface area contributed by atoms with Crippen molar-refractivity contribution in [3.63, 3.8) is 0 Å². The van der Waals surface area contributed by atoms with Crippen molar-refractivity contribution in [1.82, 2.24) is 0 Å². The molecule has 1 rings (SSSR count). The average Bonchev–Trinajstić information content (AvgIpc) is 2.38. The van der Waals surface area contributed by atoms with Crippen LogP contribution in [0.4, 0.5) is 5.69 Å². The summed E-state index contributed by atoms with van der Waals surface area (Å²) in [4.78, 5) is 12.1. The third-order valence-corrected chi connectivity index (χ3v) is 4.90. The molecule has 118 valence electrons. The molecule has 0 aromatic heterocycles. The van der Waals surface area contributed by atoms with E-state index in [1.807, 2.05) is 20.8 Å². The topological polar surface area (TPSA) is 64.6 Å². The van der Waals surface area contributed by atoms with Crippen molar-refractivity contribution in [2.75, 3.05) is 18.5 Å². The van der Waals surface area contributed by atoms with Gasteiger partial charge in [-0.2, -0.15) is 0 Å². The molecule has 0 radical (unpaired) electrons. The lowest BCUT2D eigenvalue weighted by atomic mass is 9.95. The summed E-state index contributed by atoms with van der Waals surface area (Å²) in [6, 6.07) is 6.87. The summed E-state index contributed by atoms with van der Waals surface area (Å²) in [7, 11) is -3.43. The number of carbonyl (C=O) groups is 1. The molecule has 6 heteroatoms. The molecule has 21 heavy (non-hydrogen) atoms. The molecule has 0 saturated carbocycles. The highest BCUT2D eigenvalue weighted by atomic mass is 31.2. The zero-order chi connectivity index (χ0) is 16.1. The van der Waals surface area contributed by atoms with E-state index in [0.29, 0.717) is 11.0 Å². The van der Waals surface area contributed by atoms with E-state index in [0.717, 1.165) is 0 Å². The maximum absolute atomic E-state index is 12.9. The van der Waals surface area contributed by atoms with Crippen molar-refractivity contribution in [3.05, 3.63) is 24.3 Å². The van der Waals surface area contributed by atoms with E-state index in [9.17, 15) is 9.36 Å². The van der Waals surface area contributed by atoms with Crippen molar-refractivity contribution in [2.24, 2.45) is 5.41 Å². The number of hydrogen-bond acceptors (Lipinski definition) is 4. The van der Waals surface area contributed by atoms with Crippen LogP contribution in [-0.4, -0.2) is 19.1 Å². The van der Waals surface area contributed by atoms with Gasteiger partial charge in [0.1, 0.15) is 0 Å². The molecule has 1 amide bonds. The van der Waals surface area contributed by atoms with Crippen molar-refractivity contribution in [3.8, 4) is 0 Å². The lowest BCUT2D eigenvalue weighted by Crippen LogP contribution is -2.30. The number of nitrogens with one attached hydrogen (secondary N) is 1. The number of para-hydroxylation sites is 1. The van der Waals surface area contributed by atoms with Crippen molar-refractivity contribution in [2.45, 2.75) is 34.6 Å². The fourth-order valence-electron chi connectivity index (χ4n) is 1.64. The van der Waals surface area contributed by atoms with Crippen LogP contribution in [-0.2, 0) is 18.4 Å². The van der Waals surface area contributed by atoms with E-state index in [1.54, 1.807) is 38.1 Å². The minimum atomic E-state index is -3.43. The van der Waals surface area contributed by atoms with Gasteiger partial charge in [-0.25, -0.2) is 0 Å². The largest absolute Gasteiger partial charge is 0.363 e. The molecule has 1 N–H and O–H groups in total. The molecule has 0 aliphatic carbocycles. The minimum absolute atomic E-state index is 0.158. The summed E-state index contributed by atoms with van der Waals surface area (Å²) in [5, 5.41) is 3.18. The SMILES string of the molecule is CCOP(=O)(OCC)c1ccccc1NC(=O)C(C)(C)C. The highest BCUT2D eigenvalue weighted by molar-refractivity contribution is 7.62. The summed E-state index contributed by atoms with van der Waals surface area (Å²) in [6.07, 6.45) is 0. The second kappa shape index (κ2) is 7.21. The van der Waals surface area contributed by atoms with Crippen LogP contribution in [0.5, 0.6) is 0 Å². The number of anilines is 1. The molecule has 0 unspecified atom stereocenters. The van der Waals surface area contributed by atoms with Crippen molar-refractivity contribution < 1.29 is 18.4 Å². The molecule has 0 aliphatic rings. The second-order valence-corrected chi connectivity index (χ2v) is 7.55. The Morgan fingerprint density at radius 2 is 1.67 bits per heavy atom. The highest BCUT2D eigenvalue weighted by Crippen LogP contribution is 2.48. The molecule has 0 bridgehead atoms. The predicted octanol–water partition coefficient (Wildman–Crippen LogP) is 3.56. The zero-order valence-electron chi connectivity index (χ0n) is 13.3. The van der Waals surface area contributed by atoms with E-state index in [4.69, 9.17) is 9.05 Å². The van der Waals surface area contributed by atoms with Crippen LogP contribution >= 0.6 is 7.60 Å². The fourth-order valence-corrected chi connectivity index (χ4v) is 3.37. The molecule has 1 aromatic rings. The normalized spacial score (nSPS) is 12.2. The number of carbonyl (C=O) groups excluding carboxylic acids is 1. The van der Waals surface area contributed by atoms with Gasteiger partial charge >= 0.3 is 7.60 Å². The maximum Gasteiger partial charge on any atom is 0.363 e. The first-order chi connectivity index (χ1) is 9.74. The lowest BCUT2D eigenvalue weighted by molar-refractivity contribution is -0.123. The van der Waals surface area contributed by atoms with Gasteiger partial charge in [-0.3, -0.25) is 9.36 Å². The Kier molecular flexibility index (Phi) is 6.14. The van der Waals surface area contributed by atoms with Crippen LogP contribution in [0.2, 0.25) is 0 Å². The Hall–Kier alpha value is -1.16. The van der Waals surface area contributed by atoms with E-state index in [2.05, 4.69) is 5.32 Å². The molecule has 0 aliphatic heterocycles. The van der Waals surface area contributed by atoms with Crippen molar-refractivity contribution >= 4 is 24.5 Å². The Labute approximate surface area is 126 Å². The van der Waals surface area contributed by atoms with Crippen LogP contribution in [0.1, 0.15) is 34.6 Å².